The summed E-state index contributed by atoms with van der Waals surface area (Å²) in [5, 5.41) is 0. The highest BCUT2D eigenvalue weighted by atomic mass is 15.3. The van der Waals surface area contributed by atoms with Crippen molar-refractivity contribution in [3.05, 3.63) is 146 Å². The van der Waals surface area contributed by atoms with Gasteiger partial charge in [-0.25, -0.2) is 14.4 Å². The minimum absolute atomic E-state index is 0.880. The van der Waals surface area contributed by atoms with Crippen LogP contribution in [-0.4, -0.2) is 23.2 Å². The molecule has 0 saturated carbocycles. The number of rotatable bonds is 4. The van der Waals surface area contributed by atoms with Crippen LogP contribution in [0.5, 0.6) is 0 Å². The van der Waals surface area contributed by atoms with Gasteiger partial charge in [-0.15, -0.1) is 0 Å². The maximum absolute atomic E-state index is 5.08. The molecule has 0 saturated heterocycles. The number of hydrogen-bond acceptors (Lipinski definition) is 3. The normalized spacial score (nSPS) is 12.1. The Morgan fingerprint density at radius 2 is 0.841 bits per heavy atom. The molecule has 206 valence electrons. The lowest BCUT2D eigenvalue weighted by atomic mass is 10.0. The summed E-state index contributed by atoms with van der Waals surface area (Å²) in [5.41, 5.74) is 13.1. The maximum Gasteiger partial charge on any atom is 0.223 e. The largest absolute Gasteiger partial charge is 0.311 e. The third-order valence-electron chi connectivity index (χ3n) is 8.75. The lowest BCUT2D eigenvalue weighted by Crippen LogP contribution is -2.09. The second kappa shape index (κ2) is 8.69. The highest BCUT2D eigenvalue weighted by molar-refractivity contribution is 6.06. The molecule has 0 spiro atoms. The van der Waals surface area contributed by atoms with Crippen LogP contribution in [0.1, 0.15) is 0 Å². The van der Waals surface area contributed by atoms with Gasteiger partial charge in [-0.1, -0.05) is 72.8 Å². The number of nitrogens with zero attached hydrogens (tertiary/aromatic N) is 6. The van der Waals surface area contributed by atoms with Crippen molar-refractivity contribution in [3.63, 3.8) is 0 Å². The van der Waals surface area contributed by atoms with E-state index in [1.165, 1.54) is 0 Å². The van der Waals surface area contributed by atoms with Gasteiger partial charge in [-0.3, -0.25) is 8.80 Å². The molecule has 0 N–H and O–H groups in total. The second-order valence-electron chi connectivity index (χ2n) is 11.2. The number of benzene rings is 6. The fourth-order valence-corrected chi connectivity index (χ4v) is 6.84. The summed E-state index contributed by atoms with van der Waals surface area (Å²) in [6.45, 7) is 0. The van der Waals surface area contributed by atoms with Gasteiger partial charge in [0.15, 0.2) is 0 Å². The molecule has 10 rings (SSSR count). The van der Waals surface area contributed by atoms with E-state index in [-0.39, 0.29) is 0 Å². The van der Waals surface area contributed by atoms with Gasteiger partial charge in [0.25, 0.3) is 0 Å². The molecule has 0 aliphatic rings. The monoisotopic (exact) mass is 564 g/mol. The van der Waals surface area contributed by atoms with Crippen molar-refractivity contribution in [3.8, 4) is 11.1 Å². The van der Waals surface area contributed by atoms with E-state index in [2.05, 4.69) is 152 Å². The summed E-state index contributed by atoms with van der Waals surface area (Å²) in [6.07, 6.45) is 0. The van der Waals surface area contributed by atoms with Gasteiger partial charge in [0, 0.05) is 17.1 Å². The fraction of sp³-hybridized carbons (Fsp3) is 0. The predicted octanol–water partition coefficient (Wildman–Crippen LogP) is 9.27. The van der Waals surface area contributed by atoms with Crippen molar-refractivity contribution < 1.29 is 0 Å². The number of hydrogen-bond donors (Lipinski definition) is 0. The van der Waals surface area contributed by atoms with Crippen LogP contribution < -0.4 is 4.90 Å². The first-order chi connectivity index (χ1) is 21.8. The van der Waals surface area contributed by atoms with Gasteiger partial charge < -0.3 is 4.90 Å². The van der Waals surface area contributed by atoms with Crippen LogP contribution in [-0.2, 0) is 0 Å². The van der Waals surface area contributed by atoms with Gasteiger partial charge in [0.1, 0.15) is 5.52 Å². The third-order valence-corrected chi connectivity index (χ3v) is 8.75. The molecule has 0 unspecified atom stereocenters. The van der Waals surface area contributed by atoms with E-state index in [1.807, 2.05) is 12.1 Å². The highest BCUT2D eigenvalue weighted by Crippen LogP contribution is 2.39. The van der Waals surface area contributed by atoms with Crippen LogP contribution in [0, 0.1) is 0 Å². The molecule has 4 aromatic heterocycles. The Hall–Kier alpha value is -6.14. The molecule has 6 heteroatoms. The van der Waals surface area contributed by atoms with Crippen molar-refractivity contribution >= 4 is 67.2 Å². The minimum atomic E-state index is 0.880. The number of aromatic nitrogens is 5. The summed E-state index contributed by atoms with van der Waals surface area (Å²) < 4.78 is 6.78. The molecule has 44 heavy (non-hydrogen) atoms. The molecule has 0 atom stereocenters. The third kappa shape index (κ3) is 3.14. The number of para-hydroxylation sites is 6. The number of anilines is 3. The van der Waals surface area contributed by atoms with Crippen LogP contribution >= 0.6 is 0 Å². The van der Waals surface area contributed by atoms with Gasteiger partial charge in [-0.05, 0) is 83.9 Å². The fourth-order valence-electron chi connectivity index (χ4n) is 6.84. The Balaban J connectivity index is 1.23. The molecule has 0 amide bonds. The standard InChI is InChI=1S/C38H24N6/c1-3-11-27(12-4-1)41(28-13-5-2-6-14-28)29-21-19-25(20-22-29)26-23-34-36-35(24-26)43-33-18-10-8-16-31(33)40-38(43)44(36)37-39-30-15-7-9-17-32(30)42(34)37/h1-24H. The van der Waals surface area contributed by atoms with Gasteiger partial charge >= 0.3 is 0 Å². The van der Waals surface area contributed by atoms with Crippen molar-refractivity contribution in [1.82, 2.24) is 23.2 Å². The zero-order chi connectivity index (χ0) is 28.8. The first-order valence-electron chi connectivity index (χ1n) is 14.8. The molecule has 0 fully saturated rings. The molecule has 0 aliphatic carbocycles. The van der Waals surface area contributed by atoms with E-state index in [4.69, 9.17) is 9.97 Å². The molecule has 0 bridgehead atoms. The van der Waals surface area contributed by atoms with Crippen molar-refractivity contribution in [2.75, 3.05) is 4.90 Å². The Morgan fingerprint density at radius 1 is 0.386 bits per heavy atom. The summed E-state index contributed by atoms with van der Waals surface area (Å²) in [6, 6.07) is 51.2. The van der Waals surface area contributed by atoms with E-state index >= 15 is 0 Å². The number of fused-ring (bicyclic) bond motifs is 10. The Kier molecular flexibility index (Phi) is 4.63. The molecular formula is C38H24N6. The van der Waals surface area contributed by atoms with Crippen molar-refractivity contribution in [2.45, 2.75) is 0 Å². The van der Waals surface area contributed by atoms with E-state index in [1.54, 1.807) is 0 Å². The lowest BCUT2D eigenvalue weighted by Gasteiger charge is -2.25. The molecule has 6 aromatic carbocycles. The molecule has 0 radical (unpaired) electrons. The van der Waals surface area contributed by atoms with E-state index in [0.717, 1.165) is 78.4 Å². The van der Waals surface area contributed by atoms with Gasteiger partial charge in [0.2, 0.25) is 11.6 Å². The van der Waals surface area contributed by atoms with E-state index < -0.39 is 0 Å². The minimum Gasteiger partial charge on any atom is -0.311 e. The molecule has 6 nitrogen and oxygen atoms in total. The van der Waals surface area contributed by atoms with E-state index in [0.29, 0.717) is 0 Å². The molecule has 4 heterocycles. The van der Waals surface area contributed by atoms with E-state index in [9.17, 15) is 0 Å². The first kappa shape index (κ1) is 23.4. The van der Waals surface area contributed by atoms with Crippen LogP contribution in [0.25, 0.3) is 61.3 Å². The summed E-state index contributed by atoms with van der Waals surface area (Å²) >= 11 is 0. The van der Waals surface area contributed by atoms with Crippen molar-refractivity contribution in [1.29, 1.82) is 0 Å². The van der Waals surface area contributed by atoms with Gasteiger partial charge in [0.05, 0.1) is 33.1 Å². The summed E-state index contributed by atoms with van der Waals surface area (Å²) in [7, 11) is 0. The zero-order valence-corrected chi connectivity index (χ0v) is 23.5. The summed E-state index contributed by atoms with van der Waals surface area (Å²) in [4.78, 5) is 12.5. The van der Waals surface area contributed by atoms with Crippen LogP contribution in [0.15, 0.2) is 146 Å². The highest BCUT2D eigenvalue weighted by Gasteiger charge is 2.24. The molecule has 0 aliphatic heterocycles. The second-order valence-corrected chi connectivity index (χ2v) is 11.2. The van der Waals surface area contributed by atoms with Crippen LogP contribution in [0.2, 0.25) is 0 Å². The zero-order valence-electron chi connectivity index (χ0n) is 23.5. The Morgan fingerprint density at radius 3 is 1.36 bits per heavy atom. The lowest BCUT2D eigenvalue weighted by molar-refractivity contribution is 1.15. The van der Waals surface area contributed by atoms with Crippen LogP contribution in [0.4, 0.5) is 17.1 Å². The van der Waals surface area contributed by atoms with Crippen molar-refractivity contribution in [2.24, 2.45) is 0 Å². The maximum atomic E-state index is 5.08. The Bertz CT molecular complexity index is 2490. The van der Waals surface area contributed by atoms with Gasteiger partial charge in [-0.2, -0.15) is 0 Å². The quantitative estimate of drug-likeness (QED) is 0.214. The molecule has 10 aromatic rings. The molecular weight excluding hydrogens is 540 g/mol. The summed E-state index contributed by atoms with van der Waals surface area (Å²) in [5.74, 6) is 1.76. The first-order valence-corrected chi connectivity index (χ1v) is 14.8. The topological polar surface area (TPSA) is 42.2 Å². The average molecular weight is 565 g/mol. The SMILES string of the molecule is c1ccc(N(c2ccccc2)c2ccc(-c3cc4c5c(c3)n3c6ccccc6nc3n5c3nc5ccccc5n43)cc2)cc1. The van der Waals surface area contributed by atoms with Crippen LogP contribution in [0.3, 0.4) is 0 Å². The predicted molar refractivity (Wildman–Crippen MR) is 179 cm³/mol. The Labute approximate surface area is 251 Å². The number of imidazole rings is 4. The smallest absolute Gasteiger partial charge is 0.223 e. The average Bonchev–Trinajstić information content (AvgIpc) is 3.81.